The molecule has 0 aromatic heterocycles. The Hall–Kier alpha value is -0.790. The van der Waals surface area contributed by atoms with E-state index in [-0.39, 0.29) is 5.97 Å². The Kier molecular flexibility index (Phi) is 13.6. The van der Waals surface area contributed by atoms with Crippen molar-refractivity contribution in [1.29, 1.82) is 0 Å². The van der Waals surface area contributed by atoms with Crippen molar-refractivity contribution >= 4 is 5.97 Å². The second kappa shape index (κ2) is 14.3. The van der Waals surface area contributed by atoms with Crippen molar-refractivity contribution in [2.45, 2.75) is 78.1 Å². The molecule has 0 aliphatic heterocycles. The highest BCUT2D eigenvalue weighted by atomic mass is 16.5. The largest absolute Gasteiger partial charge is 0.466 e. The fourth-order valence-electron chi connectivity index (χ4n) is 1.87. The van der Waals surface area contributed by atoms with E-state index in [9.17, 15) is 4.79 Å². The van der Waals surface area contributed by atoms with Crippen LogP contribution in [-0.4, -0.2) is 12.6 Å². The van der Waals surface area contributed by atoms with Crippen molar-refractivity contribution in [1.82, 2.24) is 0 Å². The summed E-state index contributed by atoms with van der Waals surface area (Å²) in [6, 6.07) is 0. The second-order valence-electron chi connectivity index (χ2n) is 4.73. The minimum absolute atomic E-state index is 0.0519. The molecule has 0 unspecified atom stereocenters. The van der Waals surface area contributed by atoms with Crippen molar-refractivity contribution in [3.63, 3.8) is 0 Å². The van der Waals surface area contributed by atoms with Gasteiger partial charge in [-0.15, -0.1) is 0 Å². The summed E-state index contributed by atoms with van der Waals surface area (Å²) in [4.78, 5) is 11.1. The molecule has 0 amide bonds. The van der Waals surface area contributed by atoms with Crippen LogP contribution in [0.2, 0.25) is 0 Å². The molecule has 2 heteroatoms. The molecule has 0 N–H and O–H groups in total. The molecule has 0 bridgehead atoms. The topological polar surface area (TPSA) is 26.3 Å². The van der Waals surface area contributed by atoms with E-state index in [1.54, 1.807) is 0 Å². The van der Waals surface area contributed by atoms with Crippen LogP contribution in [0, 0.1) is 0 Å². The minimum atomic E-state index is -0.0519. The van der Waals surface area contributed by atoms with Crippen molar-refractivity contribution in [3.8, 4) is 0 Å². The molecular weight excluding hydrogens is 224 g/mol. The van der Waals surface area contributed by atoms with Crippen LogP contribution in [0.4, 0.5) is 0 Å². The fraction of sp³-hybridized carbons (Fsp3) is 0.812. The first kappa shape index (κ1) is 17.2. The first-order valence-electron chi connectivity index (χ1n) is 7.61. The van der Waals surface area contributed by atoms with Gasteiger partial charge in [0.25, 0.3) is 0 Å². The van der Waals surface area contributed by atoms with E-state index in [4.69, 9.17) is 4.74 Å². The summed E-state index contributed by atoms with van der Waals surface area (Å²) in [7, 11) is 0. The Morgan fingerprint density at radius 2 is 1.50 bits per heavy atom. The number of allylic oxidation sites excluding steroid dienone is 2. The molecule has 18 heavy (non-hydrogen) atoms. The maximum Gasteiger partial charge on any atom is 0.305 e. The maximum absolute atomic E-state index is 11.1. The molecule has 0 saturated heterocycles. The third kappa shape index (κ3) is 13.3. The molecule has 0 aliphatic carbocycles. The number of carbonyl (C=O) groups excluding carboxylic acids is 1. The Morgan fingerprint density at radius 1 is 0.889 bits per heavy atom. The van der Waals surface area contributed by atoms with Gasteiger partial charge in [0.15, 0.2) is 0 Å². The van der Waals surface area contributed by atoms with E-state index in [1.807, 2.05) is 6.92 Å². The number of hydrogen-bond acceptors (Lipinski definition) is 2. The highest BCUT2D eigenvalue weighted by molar-refractivity contribution is 5.69. The number of unbranched alkanes of at least 4 members (excludes halogenated alkanes) is 7. The second-order valence-corrected chi connectivity index (χ2v) is 4.73. The quantitative estimate of drug-likeness (QED) is 0.277. The van der Waals surface area contributed by atoms with Crippen LogP contribution in [0.3, 0.4) is 0 Å². The van der Waals surface area contributed by atoms with Crippen LogP contribution in [0.25, 0.3) is 0 Å². The number of esters is 1. The number of rotatable bonds is 12. The summed E-state index contributed by atoms with van der Waals surface area (Å²) in [5.41, 5.74) is 0. The summed E-state index contributed by atoms with van der Waals surface area (Å²) >= 11 is 0. The van der Waals surface area contributed by atoms with Gasteiger partial charge in [0.2, 0.25) is 0 Å². The molecule has 0 aromatic rings. The third-order valence-corrected chi connectivity index (χ3v) is 2.95. The third-order valence-electron chi connectivity index (χ3n) is 2.95. The minimum Gasteiger partial charge on any atom is -0.466 e. The molecule has 0 rings (SSSR count). The van der Waals surface area contributed by atoms with Crippen molar-refractivity contribution in [3.05, 3.63) is 12.2 Å². The number of ether oxygens (including phenoxy) is 1. The van der Waals surface area contributed by atoms with E-state index in [1.165, 1.54) is 38.5 Å². The Labute approximate surface area is 113 Å². The zero-order valence-electron chi connectivity index (χ0n) is 12.2. The van der Waals surface area contributed by atoms with Gasteiger partial charge in [0.1, 0.15) is 0 Å². The van der Waals surface area contributed by atoms with E-state index < -0.39 is 0 Å². The SMILES string of the molecule is CCCCCC/C=C\CCCCCC(=O)OCC. The zero-order chi connectivity index (χ0) is 13.5. The maximum atomic E-state index is 11.1. The Bertz CT molecular complexity index is 209. The molecule has 0 aliphatic rings. The average molecular weight is 254 g/mol. The van der Waals surface area contributed by atoms with Crippen LogP contribution < -0.4 is 0 Å². The van der Waals surface area contributed by atoms with Gasteiger partial charge in [-0.05, 0) is 39.0 Å². The standard InChI is InChI=1S/C16H30O2/c1-3-5-6-7-8-9-10-11-12-13-14-15-16(17)18-4-2/h9-10H,3-8,11-15H2,1-2H3/b10-9-. The Balaban J connectivity index is 3.15. The number of hydrogen-bond donors (Lipinski definition) is 0. The molecule has 0 saturated carbocycles. The van der Waals surface area contributed by atoms with Crippen molar-refractivity contribution in [2.24, 2.45) is 0 Å². The molecular formula is C16H30O2. The van der Waals surface area contributed by atoms with Crippen LogP contribution in [0.5, 0.6) is 0 Å². The lowest BCUT2D eigenvalue weighted by molar-refractivity contribution is -0.143. The van der Waals surface area contributed by atoms with Crippen molar-refractivity contribution in [2.75, 3.05) is 6.61 Å². The first-order valence-corrected chi connectivity index (χ1v) is 7.61. The van der Waals surface area contributed by atoms with E-state index in [2.05, 4.69) is 19.1 Å². The fourth-order valence-corrected chi connectivity index (χ4v) is 1.87. The lowest BCUT2D eigenvalue weighted by Gasteiger charge is -2.00. The van der Waals surface area contributed by atoms with Gasteiger partial charge in [-0.1, -0.05) is 44.8 Å². The lowest BCUT2D eigenvalue weighted by Crippen LogP contribution is -2.02. The van der Waals surface area contributed by atoms with Crippen molar-refractivity contribution < 1.29 is 9.53 Å². The molecule has 106 valence electrons. The molecule has 0 atom stereocenters. The van der Waals surface area contributed by atoms with Gasteiger partial charge >= 0.3 is 5.97 Å². The van der Waals surface area contributed by atoms with Crippen LogP contribution in [0.15, 0.2) is 12.2 Å². The van der Waals surface area contributed by atoms with Gasteiger partial charge in [-0.2, -0.15) is 0 Å². The smallest absolute Gasteiger partial charge is 0.305 e. The van der Waals surface area contributed by atoms with E-state index >= 15 is 0 Å². The van der Waals surface area contributed by atoms with Gasteiger partial charge in [0.05, 0.1) is 6.61 Å². The highest BCUT2D eigenvalue weighted by Gasteiger charge is 1.99. The molecule has 0 spiro atoms. The summed E-state index contributed by atoms with van der Waals surface area (Å²) < 4.78 is 4.88. The molecule has 0 fully saturated rings. The Morgan fingerprint density at radius 3 is 2.06 bits per heavy atom. The summed E-state index contributed by atoms with van der Waals surface area (Å²) in [5.74, 6) is -0.0519. The van der Waals surface area contributed by atoms with Gasteiger partial charge in [-0.25, -0.2) is 0 Å². The molecule has 0 radical (unpaired) electrons. The van der Waals surface area contributed by atoms with E-state index in [0.717, 1.165) is 19.3 Å². The molecule has 2 nitrogen and oxygen atoms in total. The highest BCUT2D eigenvalue weighted by Crippen LogP contribution is 2.07. The zero-order valence-corrected chi connectivity index (χ0v) is 12.2. The van der Waals surface area contributed by atoms with Crippen LogP contribution in [-0.2, 0) is 9.53 Å². The molecule has 0 heterocycles. The monoisotopic (exact) mass is 254 g/mol. The average Bonchev–Trinajstić information content (AvgIpc) is 2.36. The predicted molar refractivity (Wildman–Crippen MR) is 77.6 cm³/mol. The van der Waals surface area contributed by atoms with E-state index in [0.29, 0.717) is 13.0 Å². The normalized spacial score (nSPS) is 11.0. The van der Waals surface area contributed by atoms with Gasteiger partial charge in [0, 0.05) is 6.42 Å². The van der Waals surface area contributed by atoms with Crippen LogP contribution in [0.1, 0.15) is 78.1 Å². The lowest BCUT2D eigenvalue weighted by atomic mass is 10.1. The van der Waals surface area contributed by atoms with Gasteiger partial charge in [-0.3, -0.25) is 4.79 Å². The molecule has 0 aromatic carbocycles. The summed E-state index contributed by atoms with van der Waals surface area (Å²) in [5, 5.41) is 0. The predicted octanol–water partition coefficient (Wildman–Crippen LogP) is 5.03. The summed E-state index contributed by atoms with van der Waals surface area (Å²) in [6.45, 7) is 4.59. The number of carbonyl (C=O) groups is 1. The van der Waals surface area contributed by atoms with Crippen LogP contribution >= 0.6 is 0 Å². The first-order chi connectivity index (χ1) is 8.81. The van der Waals surface area contributed by atoms with Gasteiger partial charge < -0.3 is 4.74 Å². The summed E-state index contributed by atoms with van der Waals surface area (Å²) in [6.07, 6.45) is 16.2.